The van der Waals surface area contributed by atoms with E-state index in [9.17, 15) is 4.79 Å². The van der Waals surface area contributed by atoms with Gasteiger partial charge in [0.05, 0.1) is 5.71 Å². The van der Waals surface area contributed by atoms with E-state index < -0.39 is 0 Å². The number of aromatic nitrogens is 1. The van der Waals surface area contributed by atoms with Crippen LogP contribution in [-0.2, 0) is 0 Å². The zero-order valence-electron chi connectivity index (χ0n) is 11.3. The molecule has 0 saturated carbocycles. The number of hydrogen-bond acceptors (Lipinski definition) is 4. The zero-order chi connectivity index (χ0) is 14.1. The van der Waals surface area contributed by atoms with Crippen molar-refractivity contribution in [3.8, 4) is 11.1 Å². The maximum atomic E-state index is 11.9. The van der Waals surface area contributed by atoms with Crippen molar-refractivity contribution >= 4 is 11.5 Å². The van der Waals surface area contributed by atoms with Crippen LogP contribution in [0, 0.1) is 6.92 Å². The van der Waals surface area contributed by atoms with Gasteiger partial charge < -0.3 is 5.73 Å². The van der Waals surface area contributed by atoms with E-state index in [0.717, 1.165) is 28.0 Å². The van der Waals surface area contributed by atoms with Gasteiger partial charge in [-0.2, -0.15) is 0 Å². The first-order valence-corrected chi connectivity index (χ1v) is 6.52. The van der Waals surface area contributed by atoms with E-state index in [1.54, 1.807) is 0 Å². The number of benzene rings is 1. The van der Waals surface area contributed by atoms with Gasteiger partial charge in [-0.1, -0.05) is 12.1 Å². The number of nitrogens with zero attached hydrogens (tertiary/aromatic N) is 2. The van der Waals surface area contributed by atoms with Crippen molar-refractivity contribution in [1.82, 2.24) is 4.98 Å². The molecule has 4 heteroatoms. The lowest BCUT2D eigenvalue weighted by molar-refractivity contribution is 0.1000. The van der Waals surface area contributed by atoms with E-state index >= 15 is 0 Å². The Labute approximate surface area is 117 Å². The van der Waals surface area contributed by atoms with Crippen LogP contribution >= 0.6 is 0 Å². The van der Waals surface area contributed by atoms with E-state index in [2.05, 4.69) is 16.0 Å². The van der Waals surface area contributed by atoms with Crippen LogP contribution in [0.25, 0.3) is 11.1 Å². The van der Waals surface area contributed by atoms with Crippen LogP contribution in [0.4, 0.5) is 0 Å². The van der Waals surface area contributed by atoms with Crippen LogP contribution in [0.15, 0.2) is 41.7 Å². The number of carbonyl (C=O) groups excluding carboxylic acids is 1. The van der Waals surface area contributed by atoms with Crippen molar-refractivity contribution in [2.45, 2.75) is 6.92 Å². The molecule has 0 aliphatic carbocycles. The topological polar surface area (TPSA) is 68.3 Å². The fourth-order valence-corrected chi connectivity index (χ4v) is 2.43. The predicted molar refractivity (Wildman–Crippen MR) is 79.2 cm³/mol. The van der Waals surface area contributed by atoms with Gasteiger partial charge in [0.15, 0.2) is 5.78 Å². The van der Waals surface area contributed by atoms with Crippen LogP contribution < -0.4 is 5.73 Å². The zero-order valence-corrected chi connectivity index (χ0v) is 11.3. The fraction of sp³-hybridized carbons (Fsp3) is 0.188. The molecule has 1 aromatic heterocycles. The van der Waals surface area contributed by atoms with Gasteiger partial charge >= 0.3 is 0 Å². The first-order valence-electron chi connectivity index (χ1n) is 6.52. The number of Topliss-reactive ketones (excluding diaryl/α,β-unsaturated/α-hetero) is 1. The summed E-state index contributed by atoms with van der Waals surface area (Å²) in [5.41, 5.74) is 11.2. The number of aryl methyl sites for hydroxylation is 1. The van der Waals surface area contributed by atoms with Gasteiger partial charge in [0.1, 0.15) is 6.54 Å². The average Bonchev–Trinajstić information content (AvgIpc) is 2.47. The highest BCUT2D eigenvalue weighted by Crippen LogP contribution is 2.25. The van der Waals surface area contributed by atoms with Gasteiger partial charge in [-0.05, 0) is 30.2 Å². The molecule has 0 saturated heterocycles. The van der Waals surface area contributed by atoms with Crippen LogP contribution in [0.1, 0.15) is 21.5 Å². The van der Waals surface area contributed by atoms with Crippen LogP contribution in [-0.4, -0.2) is 29.6 Å². The molecule has 0 amide bonds. The van der Waals surface area contributed by atoms with Crippen LogP contribution in [0.2, 0.25) is 0 Å². The van der Waals surface area contributed by atoms with Crippen LogP contribution in [0.5, 0.6) is 0 Å². The van der Waals surface area contributed by atoms with Gasteiger partial charge in [-0.3, -0.25) is 14.8 Å². The minimum atomic E-state index is 0.0473. The standard InChI is InChI=1S/C16H15N3O/c1-10-4-12(8-18-7-10)11-2-3-13-14(5-11)15(6-17)19-9-16(13)20/h2-5,7-8H,6,9,17H2,1H3. The van der Waals surface area contributed by atoms with Crippen molar-refractivity contribution in [3.05, 3.63) is 53.3 Å². The molecule has 0 bridgehead atoms. The van der Waals surface area contributed by atoms with E-state index in [0.29, 0.717) is 12.1 Å². The van der Waals surface area contributed by atoms with Crippen molar-refractivity contribution in [1.29, 1.82) is 0 Å². The van der Waals surface area contributed by atoms with Gasteiger partial charge in [0, 0.05) is 35.6 Å². The first kappa shape index (κ1) is 12.7. The molecular weight excluding hydrogens is 250 g/mol. The third kappa shape index (κ3) is 2.14. The van der Waals surface area contributed by atoms with Crippen molar-refractivity contribution in [2.75, 3.05) is 13.1 Å². The number of aliphatic imine (C=N–C) groups is 1. The number of nitrogens with two attached hydrogens (primary N) is 1. The molecule has 2 N–H and O–H groups in total. The third-order valence-corrected chi connectivity index (χ3v) is 3.45. The van der Waals surface area contributed by atoms with Crippen molar-refractivity contribution in [2.24, 2.45) is 10.7 Å². The number of pyridine rings is 1. The fourth-order valence-electron chi connectivity index (χ4n) is 2.43. The summed E-state index contributed by atoms with van der Waals surface area (Å²) in [6.45, 7) is 2.55. The van der Waals surface area contributed by atoms with Gasteiger partial charge in [-0.15, -0.1) is 0 Å². The molecule has 0 spiro atoms. The summed E-state index contributed by atoms with van der Waals surface area (Å²) >= 11 is 0. The normalized spacial score (nSPS) is 13.9. The molecule has 0 unspecified atom stereocenters. The third-order valence-electron chi connectivity index (χ3n) is 3.45. The lowest BCUT2D eigenvalue weighted by Crippen LogP contribution is -2.24. The monoisotopic (exact) mass is 265 g/mol. The maximum absolute atomic E-state index is 11.9. The quantitative estimate of drug-likeness (QED) is 0.903. The highest BCUT2D eigenvalue weighted by molar-refractivity contribution is 6.16. The van der Waals surface area contributed by atoms with Crippen molar-refractivity contribution in [3.63, 3.8) is 0 Å². The second-order valence-electron chi connectivity index (χ2n) is 4.90. The first-order chi connectivity index (χ1) is 9.69. The Morgan fingerprint density at radius 3 is 2.75 bits per heavy atom. The minimum Gasteiger partial charge on any atom is -0.325 e. The molecule has 100 valence electrons. The van der Waals surface area contributed by atoms with Crippen molar-refractivity contribution < 1.29 is 4.79 Å². The molecule has 2 aromatic rings. The number of carbonyl (C=O) groups is 1. The average molecular weight is 265 g/mol. The molecule has 1 aliphatic heterocycles. The summed E-state index contributed by atoms with van der Waals surface area (Å²) in [4.78, 5) is 20.3. The minimum absolute atomic E-state index is 0.0473. The Hall–Kier alpha value is -2.33. The molecular formula is C16H15N3O. The molecule has 20 heavy (non-hydrogen) atoms. The lowest BCUT2D eigenvalue weighted by atomic mass is 9.92. The molecule has 0 radical (unpaired) electrons. The highest BCUT2D eigenvalue weighted by Gasteiger charge is 2.20. The number of hydrogen-bond donors (Lipinski definition) is 1. The molecule has 3 rings (SSSR count). The largest absolute Gasteiger partial charge is 0.325 e. The Balaban J connectivity index is 2.14. The summed E-state index contributed by atoms with van der Waals surface area (Å²) in [5, 5.41) is 0. The maximum Gasteiger partial charge on any atom is 0.184 e. The van der Waals surface area contributed by atoms with E-state index in [-0.39, 0.29) is 12.3 Å². The molecule has 2 heterocycles. The number of ketones is 1. The summed E-state index contributed by atoms with van der Waals surface area (Å²) in [7, 11) is 0. The van der Waals surface area contributed by atoms with Gasteiger partial charge in [0.2, 0.25) is 0 Å². The Morgan fingerprint density at radius 1 is 1.15 bits per heavy atom. The Morgan fingerprint density at radius 2 is 2.00 bits per heavy atom. The Kier molecular flexibility index (Phi) is 3.16. The van der Waals surface area contributed by atoms with E-state index in [1.165, 1.54) is 0 Å². The van der Waals surface area contributed by atoms with E-state index in [4.69, 9.17) is 5.73 Å². The molecule has 1 aliphatic rings. The summed E-state index contributed by atoms with van der Waals surface area (Å²) in [5.74, 6) is 0.0473. The second-order valence-corrected chi connectivity index (χ2v) is 4.90. The number of fused-ring (bicyclic) bond motifs is 1. The molecule has 0 atom stereocenters. The summed E-state index contributed by atoms with van der Waals surface area (Å²) < 4.78 is 0. The second kappa shape index (κ2) is 4.98. The summed E-state index contributed by atoms with van der Waals surface area (Å²) in [6, 6.07) is 7.86. The van der Waals surface area contributed by atoms with E-state index in [1.807, 2.05) is 37.5 Å². The summed E-state index contributed by atoms with van der Waals surface area (Å²) in [6.07, 6.45) is 3.64. The molecule has 1 aromatic carbocycles. The molecule has 4 nitrogen and oxygen atoms in total. The predicted octanol–water partition coefficient (Wildman–Crippen LogP) is 2.00. The van der Waals surface area contributed by atoms with Crippen LogP contribution in [0.3, 0.4) is 0 Å². The Bertz CT molecular complexity index is 719. The molecule has 0 fully saturated rings. The smallest absolute Gasteiger partial charge is 0.184 e. The van der Waals surface area contributed by atoms with Gasteiger partial charge in [-0.25, -0.2) is 0 Å². The highest BCUT2D eigenvalue weighted by atomic mass is 16.1. The van der Waals surface area contributed by atoms with Gasteiger partial charge in [0.25, 0.3) is 0 Å². The number of rotatable bonds is 2. The lowest BCUT2D eigenvalue weighted by Gasteiger charge is -2.16. The SMILES string of the molecule is Cc1cncc(-c2ccc3c(c2)C(CN)=NCC3=O)c1.